The molecule has 0 aliphatic heterocycles. The first-order valence-corrected chi connectivity index (χ1v) is 5.25. The molecule has 17 heavy (non-hydrogen) atoms. The van der Waals surface area contributed by atoms with Gasteiger partial charge in [-0.15, -0.1) is 0 Å². The minimum atomic E-state index is -1.09. The molecule has 0 aliphatic carbocycles. The summed E-state index contributed by atoms with van der Waals surface area (Å²) in [7, 11) is 0. The van der Waals surface area contributed by atoms with E-state index in [9.17, 15) is 4.79 Å². The third-order valence-electron chi connectivity index (χ3n) is 2.04. The fraction of sp³-hybridized carbons (Fsp3) is 0. The predicted molar refractivity (Wildman–Crippen MR) is 60.7 cm³/mol. The van der Waals surface area contributed by atoms with Gasteiger partial charge in [-0.2, -0.15) is 10.4 Å². The molecule has 2 aromatic rings. The number of pyridine rings is 1. The van der Waals surface area contributed by atoms with Crippen LogP contribution in [0.1, 0.15) is 15.9 Å². The van der Waals surface area contributed by atoms with Gasteiger partial charge in [0.2, 0.25) is 0 Å². The Balaban J connectivity index is 2.59. The van der Waals surface area contributed by atoms with Crippen molar-refractivity contribution in [3.63, 3.8) is 0 Å². The maximum absolute atomic E-state index is 11.1. The number of nitriles is 1. The monoisotopic (exact) mass is 292 g/mol. The van der Waals surface area contributed by atoms with Gasteiger partial charge < -0.3 is 5.11 Å². The van der Waals surface area contributed by atoms with Crippen LogP contribution in [0.2, 0.25) is 0 Å². The van der Waals surface area contributed by atoms with Crippen LogP contribution >= 0.6 is 15.9 Å². The first-order valence-electron chi connectivity index (χ1n) is 4.46. The molecule has 6 nitrogen and oxygen atoms in total. The fourth-order valence-corrected chi connectivity index (χ4v) is 1.62. The lowest BCUT2D eigenvalue weighted by Gasteiger charge is -2.05. The summed E-state index contributed by atoms with van der Waals surface area (Å²) in [4.78, 5) is 15.0. The number of carboxylic acids is 1. The van der Waals surface area contributed by atoms with Crippen LogP contribution < -0.4 is 0 Å². The van der Waals surface area contributed by atoms with Crippen LogP contribution in [0.15, 0.2) is 29.3 Å². The Morgan fingerprint density at radius 1 is 1.53 bits per heavy atom. The second-order valence-corrected chi connectivity index (χ2v) is 3.93. The average Bonchev–Trinajstić information content (AvgIpc) is 2.77. The molecule has 0 bridgehead atoms. The van der Waals surface area contributed by atoms with Gasteiger partial charge in [0, 0.05) is 6.20 Å². The lowest BCUT2D eigenvalue weighted by molar-refractivity contribution is 0.0696. The molecular weight excluding hydrogens is 288 g/mol. The highest BCUT2D eigenvalue weighted by Crippen LogP contribution is 2.17. The number of aromatic carboxylic acids is 1. The molecule has 0 aromatic carbocycles. The Hall–Kier alpha value is -2.20. The summed E-state index contributed by atoms with van der Waals surface area (Å²) < 4.78 is 1.73. The van der Waals surface area contributed by atoms with Gasteiger partial charge in [0.1, 0.15) is 10.7 Å². The van der Waals surface area contributed by atoms with Gasteiger partial charge >= 0.3 is 5.97 Å². The van der Waals surface area contributed by atoms with Crippen LogP contribution in [0.25, 0.3) is 5.69 Å². The molecular formula is C10H5BrN4O2. The Kier molecular flexibility index (Phi) is 2.89. The van der Waals surface area contributed by atoms with E-state index in [1.54, 1.807) is 0 Å². The second-order valence-electron chi connectivity index (χ2n) is 3.11. The summed E-state index contributed by atoms with van der Waals surface area (Å²) in [6.07, 6.45) is 4.17. The van der Waals surface area contributed by atoms with Crippen molar-refractivity contribution < 1.29 is 9.90 Å². The van der Waals surface area contributed by atoms with Crippen LogP contribution in [0, 0.1) is 11.3 Å². The van der Waals surface area contributed by atoms with Crippen molar-refractivity contribution in [1.82, 2.24) is 14.8 Å². The van der Waals surface area contributed by atoms with Crippen molar-refractivity contribution in [3.05, 3.63) is 40.4 Å². The molecule has 2 heterocycles. The molecule has 2 aromatic heterocycles. The van der Waals surface area contributed by atoms with Crippen LogP contribution in [-0.4, -0.2) is 25.8 Å². The summed E-state index contributed by atoms with van der Waals surface area (Å²) >= 11 is 3.10. The number of hydrogen-bond donors (Lipinski definition) is 1. The van der Waals surface area contributed by atoms with Crippen molar-refractivity contribution in [2.45, 2.75) is 0 Å². The lowest BCUT2D eigenvalue weighted by Crippen LogP contribution is -2.06. The van der Waals surface area contributed by atoms with E-state index in [1.807, 2.05) is 6.07 Å². The molecule has 0 saturated carbocycles. The third-order valence-corrected chi connectivity index (χ3v) is 2.47. The highest BCUT2D eigenvalue weighted by molar-refractivity contribution is 9.10. The standard InChI is InChI=1S/C10H5BrN4O2/c11-9-1-7(10(16)17)8(4-13-9)15-5-6(2-12)3-14-15/h1,3-5H,(H,16,17). The molecule has 0 radical (unpaired) electrons. The maximum atomic E-state index is 11.1. The zero-order chi connectivity index (χ0) is 12.4. The Bertz CT molecular complexity index is 629. The fourth-order valence-electron chi connectivity index (χ4n) is 1.29. The highest BCUT2D eigenvalue weighted by Gasteiger charge is 2.14. The van der Waals surface area contributed by atoms with Crippen molar-refractivity contribution in [3.8, 4) is 11.8 Å². The predicted octanol–water partition coefficient (Wildman–Crippen LogP) is 1.60. The largest absolute Gasteiger partial charge is 0.478 e. The van der Waals surface area contributed by atoms with E-state index in [-0.39, 0.29) is 5.56 Å². The van der Waals surface area contributed by atoms with E-state index in [2.05, 4.69) is 26.0 Å². The first kappa shape index (κ1) is 11.3. The van der Waals surface area contributed by atoms with Crippen molar-refractivity contribution >= 4 is 21.9 Å². The van der Waals surface area contributed by atoms with Crippen molar-refractivity contribution in [1.29, 1.82) is 5.26 Å². The quantitative estimate of drug-likeness (QED) is 0.849. The molecule has 7 heteroatoms. The second kappa shape index (κ2) is 4.35. The van der Waals surface area contributed by atoms with Crippen LogP contribution in [-0.2, 0) is 0 Å². The summed E-state index contributed by atoms with van der Waals surface area (Å²) in [6, 6.07) is 3.30. The molecule has 0 atom stereocenters. The first-order chi connectivity index (χ1) is 8.11. The number of rotatable bonds is 2. The van der Waals surface area contributed by atoms with Crippen LogP contribution in [0.5, 0.6) is 0 Å². The summed E-state index contributed by atoms with van der Waals surface area (Å²) in [5.74, 6) is -1.09. The minimum Gasteiger partial charge on any atom is -0.478 e. The van der Waals surface area contributed by atoms with Gasteiger partial charge in [0.15, 0.2) is 0 Å². The Morgan fingerprint density at radius 3 is 2.88 bits per heavy atom. The van der Waals surface area contributed by atoms with Crippen molar-refractivity contribution in [2.24, 2.45) is 0 Å². The van der Waals surface area contributed by atoms with Crippen LogP contribution in [0.4, 0.5) is 0 Å². The molecule has 1 N–H and O–H groups in total. The molecule has 0 amide bonds. The number of nitrogens with zero attached hydrogens (tertiary/aromatic N) is 4. The summed E-state index contributed by atoms with van der Waals surface area (Å²) in [6.45, 7) is 0. The number of carbonyl (C=O) groups is 1. The Labute approximate surface area is 104 Å². The molecule has 0 aliphatic rings. The number of aromatic nitrogens is 3. The summed E-state index contributed by atoms with van der Waals surface area (Å²) in [5, 5.41) is 21.6. The SMILES string of the molecule is N#Cc1cnn(-c2cnc(Br)cc2C(=O)O)c1. The highest BCUT2D eigenvalue weighted by atomic mass is 79.9. The normalized spacial score (nSPS) is 9.88. The van der Waals surface area contributed by atoms with Crippen molar-refractivity contribution in [2.75, 3.05) is 0 Å². The van der Waals surface area contributed by atoms with Gasteiger partial charge in [0.05, 0.1) is 29.2 Å². The van der Waals surface area contributed by atoms with Gasteiger partial charge in [0.25, 0.3) is 0 Å². The summed E-state index contributed by atoms with van der Waals surface area (Å²) in [5.41, 5.74) is 0.714. The molecule has 0 spiro atoms. The number of hydrogen-bond acceptors (Lipinski definition) is 4. The minimum absolute atomic E-state index is 0.0551. The Morgan fingerprint density at radius 2 is 2.29 bits per heavy atom. The smallest absolute Gasteiger partial charge is 0.338 e. The van der Waals surface area contributed by atoms with E-state index in [4.69, 9.17) is 10.4 Å². The molecule has 0 saturated heterocycles. The van der Waals surface area contributed by atoms with Crippen LogP contribution in [0.3, 0.4) is 0 Å². The zero-order valence-corrected chi connectivity index (χ0v) is 9.92. The zero-order valence-electron chi connectivity index (χ0n) is 8.33. The molecule has 2 rings (SSSR count). The van der Waals surface area contributed by atoms with E-state index in [0.717, 1.165) is 0 Å². The van der Waals surface area contributed by atoms with Gasteiger partial charge in [-0.3, -0.25) is 0 Å². The third kappa shape index (κ3) is 2.16. The van der Waals surface area contributed by atoms with Gasteiger partial charge in [-0.05, 0) is 22.0 Å². The van der Waals surface area contributed by atoms with Gasteiger partial charge in [-0.1, -0.05) is 0 Å². The van der Waals surface area contributed by atoms with E-state index >= 15 is 0 Å². The van der Waals surface area contributed by atoms with E-state index in [0.29, 0.717) is 15.9 Å². The van der Waals surface area contributed by atoms with E-state index < -0.39 is 5.97 Å². The van der Waals surface area contributed by atoms with E-state index in [1.165, 1.54) is 29.3 Å². The number of carboxylic acid groups (broad SMARTS) is 1. The molecule has 0 unspecified atom stereocenters. The average molecular weight is 293 g/mol. The molecule has 84 valence electrons. The lowest BCUT2D eigenvalue weighted by atomic mass is 10.2. The number of halogens is 1. The topological polar surface area (TPSA) is 91.8 Å². The van der Waals surface area contributed by atoms with Gasteiger partial charge in [-0.25, -0.2) is 14.5 Å². The molecule has 0 fully saturated rings. The maximum Gasteiger partial charge on any atom is 0.338 e.